The Morgan fingerprint density at radius 2 is 0.958 bits per heavy atom. The van der Waals surface area contributed by atoms with Gasteiger partial charge in [0.25, 0.3) is 6.10 Å². The van der Waals surface area contributed by atoms with E-state index in [4.69, 9.17) is 28.4 Å². The van der Waals surface area contributed by atoms with Gasteiger partial charge in [0.2, 0.25) is 0 Å². The lowest BCUT2D eigenvalue weighted by molar-refractivity contribution is -0.239. The van der Waals surface area contributed by atoms with Crippen molar-refractivity contribution in [1.29, 1.82) is 0 Å². The van der Waals surface area contributed by atoms with Crippen molar-refractivity contribution in [3.63, 3.8) is 0 Å². The van der Waals surface area contributed by atoms with E-state index in [0.717, 1.165) is 21.9 Å². The second-order valence-corrected chi connectivity index (χ2v) is 13.2. The SMILES string of the molecule is COCCOCCOc1ccc([S+](c2ccc(OCCOCCOC)cc2)c2ccc(OC(C(F)(F)F)C(F)(F)S(=O)(=O)[O-])cc2)cc1. The lowest BCUT2D eigenvalue weighted by Crippen LogP contribution is -2.53. The van der Waals surface area contributed by atoms with Crippen molar-refractivity contribution in [2.24, 2.45) is 0 Å². The molecule has 0 aromatic heterocycles. The van der Waals surface area contributed by atoms with E-state index >= 15 is 0 Å². The number of benzene rings is 3. The summed E-state index contributed by atoms with van der Waals surface area (Å²) in [6, 6.07) is 18.9. The van der Waals surface area contributed by atoms with Gasteiger partial charge in [0.15, 0.2) is 24.8 Å². The Balaban J connectivity index is 1.84. The molecule has 17 heteroatoms. The van der Waals surface area contributed by atoms with Crippen LogP contribution in [0.25, 0.3) is 0 Å². The average molecular weight is 727 g/mol. The van der Waals surface area contributed by atoms with Crippen LogP contribution in [0.5, 0.6) is 17.2 Å². The Kier molecular flexibility index (Phi) is 15.2. The fraction of sp³-hybridized carbons (Fsp3) is 0.419. The first-order valence-electron chi connectivity index (χ1n) is 14.3. The fourth-order valence-corrected chi connectivity index (χ4v) is 6.41. The molecular weight excluding hydrogens is 691 g/mol. The van der Waals surface area contributed by atoms with E-state index in [2.05, 4.69) is 4.74 Å². The minimum Gasteiger partial charge on any atom is -0.743 e. The van der Waals surface area contributed by atoms with E-state index in [9.17, 15) is 34.9 Å². The van der Waals surface area contributed by atoms with Crippen molar-refractivity contribution < 1.29 is 68.1 Å². The van der Waals surface area contributed by atoms with Gasteiger partial charge in [-0.3, -0.25) is 0 Å². The number of rotatable bonds is 21. The lowest BCUT2D eigenvalue weighted by Gasteiger charge is -2.30. The lowest BCUT2D eigenvalue weighted by atomic mass is 10.3. The van der Waals surface area contributed by atoms with E-state index in [0.29, 0.717) is 69.2 Å². The monoisotopic (exact) mass is 726 g/mol. The van der Waals surface area contributed by atoms with Gasteiger partial charge in [0.1, 0.15) is 30.5 Å². The molecule has 1 atom stereocenters. The predicted octanol–water partition coefficient (Wildman–Crippen LogP) is 5.31. The Morgan fingerprint density at radius 3 is 1.29 bits per heavy atom. The highest BCUT2D eigenvalue weighted by Gasteiger charge is 2.62. The molecule has 0 amide bonds. The summed E-state index contributed by atoms with van der Waals surface area (Å²) in [6.07, 6.45) is -10.1. The second kappa shape index (κ2) is 18.5. The van der Waals surface area contributed by atoms with Crippen LogP contribution in [0.3, 0.4) is 0 Å². The molecule has 0 aliphatic carbocycles. The highest BCUT2D eigenvalue weighted by atomic mass is 32.2. The van der Waals surface area contributed by atoms with Crippen LogP contribution in [-0.4, -0.2) is 97.6 Å². The number of ether oxygens (including phenoxy) is 7. The van der Waals surface area contributed by atoms with Crippen molar-refractivity contribution in [2.45, 2.75) is 32.2 Å². The molecule has 0 saturated heterocycles. The highest BCUT2D eigenvalue weighted by Crippen LogP contribution is 2.39. The maximum atomic E-state index is 14.0. The second-order valence-electron chi connectivity index (χ2n) is 9.68. The van der Waals surface area contributed by atoms with Crippen molar-refractivity contribution >= 4 is 21.0 Å². The maximum Gasteiger partial charge on any atom is 0.432 e. The molecule has 0 heterocycles. The topological polar surface area (TPSA) is 122 Å². The molecule has 3 aromatic carbocycles. The summed E-state index contributed by atoms with van der Waals surface area (Å²) in [5, 5.41) is -5.77. The molecule has 48 heavy (non-hydrogen) atoms. The Bertz CT molecular complexity index is 1410. The Morgan fingerprint density at radius 1 is 0.604 bits per heavy atom. The molecular formula is C31H35F5O10S2. The van der Waals surface area contributed by atoms with E-state index in [1.54, 1.807) is 62.8 Å². The molecule has 3 aromatic rings. The van der Waals surface area contributed by atoms with E-state index in [1.807, 2.05) is 0 Å². The summed E-state index contributed by atoms with van der Waals surface area (Å²) in [5.74, 6) is 0.400. The van der Waals surface area contributed by atoms with E-state index in [1.165, 1.54) is 12.1 Å². The molecule has 0 bridgehead atoms. The number of alkyl halides is 5. The highest BCUT2D eigenvalue weighted by molar-refractivity contribution is 7.97. The standard InChI is InChI=1S/C31H35F5O10S2/c1-40-15-17-42-19-21-44-23-3-9-26(10-4-23)47(27-11-5-24(6-12-27)45-22-20-43-18-16-41-2)28-13-7-25(8-14-28)46-29(30(32,33)34)31(35,36)48(37,38)39/h3-14,29H,15-22H2,1-2H3. The van der Waals surface area contributed by atoms with E-state index < -0.39 is 44.3 Å². The molecule has 266 valence electrons. The molecule has 0 saturated carbocycles. The number of methoxy groups -OCH3 is 2. The van der Waals surface area contributed by atoms with Gasteiger partial charge in [-0.2, -0.15) is 22.0 Å². The third-order valence-electron chi connectivity index (χ3n) is 6.22. The first-order chi connectivity index (χ1) is 22.8. The predicted molar refractivity (Wildman–Crippen MR) is 163 cm³/mol. The van der Waals surface area contributed by atoms with Crippen LogP contribution in [0, 0.1) is 0 Å². The Labute approximate surface area is 278 Å². The largest absolute Gasteiger partial charge is 0.743 e. The normalized spacial score (nSPS) is 13.0. The van der Waals surface area contributed by atoms with Crippen molar-refractivity contribution in [3.8, 4) is 17.2 Å². The number of hydrogen-bond acceptors (Lipinski definition) is 10. The molecule has 0 fully saturated rings. The third-order valence-corrected chi connectivity index (χ3v) is 9.34. The van der Waals surface area contributed by atoms with Gasteiger partial charge in [-0.1, -0.05) is 0 Å². The van der Waals surface area contributed by atoms with Crippen molar-refractivity contribution in [3.05, 3.63) is 72.8 Å². The molecule has 0 radical (unpaired) electrons. The zero-order chi connectivity index (χ0) is 35.2. The fourth-order valence-electron chi connectivity index (χ4n) is 3.93. The molecule has 0 N–H and O–H groups in total. The van der Waals surface area contributed by atoms with Gasteiger partial charge in [0.05, 0.1) is 50.5 Å². The van der Waals surface area contributed by atoms with Crippen LogP contribution in [0.1, 0.15) is 0 Å². The summed E-state index contributed by atoms with van der Waals surface area (Å²) in [6.45, 7) is 3.04. The summed E-state index contributed by atoms with van der Waals surface area (Å²) < 4.78 is 137. The van der Waals surface area contributed by atoms with Crippen LogP contribution in [0.4, 0.5) is 22.0 Å². The zero-order valence-corrected chi connectivity index (χ0v) is 27.6. The van der Waals surface area contributed by atoms with Gasteiger partial charge < -0.3 is 37.7 Å². The molecule has 0 spiro atoms. The quantitative estimate of drug-likeness (QED) is 0.0618. The summed E-state index contributed by atoms with van der Waals surface area (Å²) in [7, 11) is -4.45. The van der Waals surface area contributed by atoms with Crippen molar-refractivity contribution in [1.82, 2.24) is 0 Å². The molecule has 3 rings (SSSR count). The minimum atomic E-state index is -6.70. The van der Waals surface area contributed by atoms with Crippen LogP contribution >= 0.6 is 0 Å². The van der Waals surface area contributed by atoms with Gasteiger partial charge >= 0.3 is 11.4 Å². The van der Waals surface area contributed by atoms with Gasteiger partial charge in [-0.25, -0.2) is 8.42 Å². The van der Waals surface area contributed by atoms with Crippen LogP contribution in [0.2, 0.25) is 0 Å². The number of halogens is 5. The zero-order valence-electron chi connectivity index (χ0n) is 26.0. The summed E-state index contributed by atoms with van der Waals surface area (Å²) >= 11 is 0. The van der Waals surface area contributed by atoms with E-state index in [-0.39, 0.29) is 0 Å². The summed E-state index contributed by atoms with van der Waals surface area (Å²) in [5.41, 5.74) is 0. The molecule has 1 unspecified atom stereocenters. The summed E-state index contributed by atoms with van der Waals surface area (Å²) in [4.78, 5) is 2.09. The smallest absolute Gasteiger partial charge is 0.432 e. The first kappa shape index (κ1) is 39.3. The number of hydrogen-bond donors (Lipinski definition) is 0. The maximum absolute atomic E-state index is 14.0. The van der Waals surface area contributed by atoms with Gasteiger partial charge in [0, 0.05) is 14.2 Å². The first-order valence-corrected chi connectivity index (χ1v) is 16.9. The molecule has 0 aliphatic heterocycles. The van der Waals surface area contributed by atoms with Crippen LogP contribution in [-0.2, 0) is 40.0 Å². The molecule has 10 nitrogen and oxygen atoms in total. The van der Waals surface area contributed by atoms with Gasteiger partial charge in [-0.15, -0.1) is 0 Å². The minimum absolute atomic E-state index is 0.292. The average Bonchev–Trinajstić information content (AvgIpc) is 3.04. The van der Waals surface area contributed by atoms with Crippen molar-refractivity contribution in [2.75, 3.05) is 67.1 Å². The van der Waals surface area contributed by atoms with Crippen LogP contribution in [0.15, 0.2) is 87.5 Å². The van der Waals surface area contributed by atoms with Crippen LogP contribution < -0.4 is 14.2 Å². The molecule has 0 aliphatic rings. The third kappa shape index (κ3) is 11.7. The Hall–Kier alpha value is -3.19. The van der Waals surface area contributed by atoms with Gasteiger partial charge in [-0.05, 0) is 72.8 Å².